The van der Waals surface area contributed by atoms with E-state index in [4.69, 9.17) is 11.5 Å². The summed E-state index contributed by atoms with van der Waals surface area (Å²) in [6.45, 7) is 13.8. The van der Waals surface area contributed by atoms with Gasteiger partial charge in [0.1, 0.15) is 22.8 Å². The van der Waals surface area contributed by atoms with Crippen LogP contribution in [0.2, 0.25) is 0 Å². The quantitative estimate of drug-likeness (QED) is 0.127. The molecule has 0 fully saturated rings. The van der Waals surface area contributed by atoms with E-state index in [1.165, 1.54) is 30.6 Å². The first kappa shape index (κ1) is 34.8. The molecule has 5 atom stereocenters. The summed E-state index contributed by atoms with van der Waals surface area (Å²) in [5, 5.41) is 14.5. The Morgan fingerprint density at radius 2 is 1.65 bits per heavy atom. The van der Waals surface area contributed by atoms with Crippen LogP contribution in [0.4, 0.5) is 0 Å². The molecule has 0 aliphatic carbocycles. The van der Waals surface area contributed by atoms with Crippen LogP contribution in [0.3, 0.4) is 0 Å². The summed E-state index contributed by atoms with van der Waals surface area (Å²) in [6.07, 6.45) is 1.71. The van der Waals surface area contributed by atoms with Crippen molar-refractivity contribution in [2.45, 2.75) is 71.1 Å². The maximum absolute atomic E-state index is 12.7. The third-order valence-corrected chi connectivity index (χ3v) is 7.62. The van der Waals surface area contributed by atoms with Crippen molar-refractivity contribution < 1.29 is 28.8 Å². The SMILES string of the molecule is C=C(NC(=O)c1csc(C2=NC[C@H](NC(=O)[C@H](C)NC(=O)C(=C)NC(=O)[C@H](C)NC(=O)[C@@H](N)[C@@H](C)CC)CC2)n1)C(N)=O. The Labute approximate surface area is 253 Å². The van der Waals surface area contributed by atoms with E-state index in [0.29, 0.717) is 30.0 Å². The molecule has 15 nitrogen and oxygen atoms in total. The van der Waals surface area contributed by atoms with Gasteiger partial charge in [0.25, 0.3) is 17.7 Å². The highest BCUT2D eigenvalue weighted by molar-refractivity contribution is 7.12. The Kier molecular flexibility index (Phi) is 12.7. The lowest BCUT2D eigenvalue weighted by Crippen LogP contribution is -2.53. The van der Waals surface area contributed by atoms with Gasteiger partial charge in [-0.05, 0) is 32.6 Å². The number of nitrogens with one attached hydrogen (secondary N) is 5. The van der Waals surface area contributed by atoms with Crippen molar-refractivity contribution in [3.05, 3.63) is 40.6 Å². The van der Waals surface area contributed by atoms with Gasteiger partial charge < -0.3 is 38.1 Å². The van der Waals surface area contributed by atoms with Crippen LogP contribution in [0, 0.1) is 5.92 Å². The van der Waals surface area contributed by atoms with Gasteiger partial charge in [-0.2, -0.15) is 0 Å². The highest BCUT2D eigenvalue weighted by atomic mass is 32.1. The fourth-order valence-electron chi connectivity index (χ4n) is 3.64. The number of nitrogens with two attached hydrogens (primary N) is 2. The van der Waals surface area contributed by atoms with Crippen molar-refractivity contribution in [2.75, 3.05) is 6.54 Å². The zero-order valence-electron chi connectivity index (χ0n) is 24.6. The Balaban J connectivity index is 1.82. The summed E-state index contributed by atoms with van der Waals surface area (Å²) in [7, 11) is 0. The lowest BCUT2D eigenvalue weighted by molar-refractivity contribution is -0.130. The number of hydrogen-bond donors (Lipinski definition) is 7. The second-order valence-corrected chi connectivity index (χ2v) is 11.0. The Hall–Kier alpha value is -4.44. The summed E-state index contributed by atoms with van der Waals surface area (Å²) in [6, 6.07) is -3.00. The molecule has 0 radical (unpaired) electrons. The number of primary amides is 1. The topological polar surface area (TPSA) is 240 Å². The van der Waals surface area contributed by atoms with Gasteiger partial charge in [0.15, 0.2) is 0 Å². The van der Waals surface area contributed by atoms with E-state index in [0.717, 1.165) is 0 Å². The van der Waals surface area contributed by atoms with E-state index in [2.05, 4.69) is 49.7 Å². The van der Waals surface area contributed by atoms with E-state index in [1.54, 1.807) is 0 Å². The predicted octanol–water partition coefficient (Wildman–Crippen LogP) is -1.05. The molecule has 1 aromatic rings. The van der Waals surface area contributed by atoms with E-state index in [1.807, 2.05) is 13.8 Å². The monoisotopic (exact) mass is 617 g/mol. The molecule has 0 unspecified atom stereocenters. The predicted molar refractivity (Wildman–Crippen MR) is 160 cm³/mol. The van der Waals surface area contributed by atoms with Crippen LogP contribution in [0.15, 0.2) is 34.9 Å². The smallest absolute Gasteiger partial charge is 0.275 e. The van der Waals surface area contributed by atoms with E-state index < -0.39 is 53.6 Å². The van der Waals surface area contributed by atoms with Crippen molar-refractivity contribution in [3.8, 4) is 0 Å². The summed E-state index contributed by atoms with van der Waals surface area (Å²) >= 11 is 1.21. The van der Waals surface area contributed by atoms with Crippen molar-refractivity contribution >= 4 is 52.5 Å². The van der Waals surface area contributed by atoms with Gasteiger partial charge in [-0.3, -0.25) is 33.8 Å². The minimum atomic E-state index is -0.973. The van der Waals surface area contributed by atoms with Crippen molar-refractivity contribution in [3.63, 3.8) is 0 Å². The summed E-state index contributed by atoms with van der Waals surface area (Å²) in [5.74, 6) is -3.92. The Morgan fingerprint density at radius 3 is 2.23 bits per heavy atom. The molecule has 2 rings (SSSR count). The lowest BCUT2D eigenvalue weighted by Gasteiger charge is -2.24. The maximum atomic E-state index is 12.7. The normalized spacial score (nSPS) is 17.1. The number of carbonyl (C=O) groups excluding carboxylic acids is 6. The number of aliphatic imine (C=N–C) groups is 1. The molecule has 0 bridgehead atoms. The molecule has 1 aromatic heterocycles. The van der Waals surface area contributed by atoms with Crippen LogP contribution < -0.4 is 38.1 Å². The first-order chi connectivity index (χ1) is 20.1. The number of rotatable bonds is 14. The van der Waals surface area contributed by atoms with Crippen LogP contribution in [-0.4, -0.2) is 76.9 Å². The number of thiazole rings is 1. The molecule has 0 aromatic carbocycles. The number of nitrogens with zero attached hydrogens (tertiary/aromatic N) is 2. The number of aromatic nitrogens is 1. The number of carbonyl (C=O) groups is 6. The van der Waals surface area contributed by atoms with Crippen molar-refractivity contribution in [2.24, 2.45) is 22.4 Å². The van der Waals surface area contributed by atoms with Crippen LogP contribution in [0.5, 0.6) is 0 Å². The molecule has 9 N–H and O–H groups in total. The van der Waals surface area contributed by atoms with E-state index >= 15 is 0 Å². The minimum Gasteiger partial charge on any atom is -0.364 e. The summed E-state index contributed by atoms with van der Waals surface area (Å²) in [5.41, 5.74) is 11.2. The van der Waals surface area contributed by atoms with Crippen LogP contribution in [0.25, 0.3) is 0 Å². The van der Waals surface area contributed by atoms with Gasteiger partial charge in [0.05, 0.1) is 29.7 Å². The van der Waals surface area contributed by atoms with Gasteiger partial charge in [-0.1, -0.05) is 33.4 Å². The van der Waals surface area contributed by atoms with Gasteiger partial charge in [0.2, 0.25) is 17.7 Å². The average Bonchev–Trinajstić information content (AvgIpc) is 3.46. The Bertz CT molecular complexity index is 1320. The molecule has 16 heteroatoms. The van der Waals surface area contributed by atoms with Gasteiger partial charge in [0, 0.05) is 11.4 Å². The Morgan fingerprint density at radius 1 is 1.00 bits per heavy atom. The fraction of sp³-hybridized carbons (Fsp3) is 0.481. The molecule has 0 saturated carbocycles. The van der Waals surface area contributed by atoms with Crippen LogP contribution in [0.1, 0.15) is 62.5 Å². The average molecular weight is 618 g/mol. The largest absolute Gasteiger partial charge is 0.364 e. The second kappa shape index (κ2) is 15.7. The molecular weight excluding hydrogens is 578 g/mol. The van der Waals surface area contributed by atoms with E-state index in [-0.39, 0.29) is 35.6 Å². The molecule has 234 valence electrons. The molecule has 1 aliphatic rings. The molecule has 2 heterocycles. The number of amides is 6. The second-order valence-electron chi connectivity index (χ2n) is 10.2. The first-order valence-electron chi connectivity index (χ1n) is 13.6. The summed E-state index contributed by atoms with van der Waals surface area (Å²) < 4.78 is 0. The molecule has 43 heavy (non-hydrogen) atoms. The van der Waals surface area contributed by atoms with Crippen molar-refractivity contribution in [1.82, 2.24) is 31.6 Å². The van der Waals surface area contributed by atoms with E-state index in [9.17, 15) is 28.8 Å². The van der Waals surface area contributed by atoms with Gasteiger partial charge >= 0.3 is 0 Å². The zero-order valence-corrected chi connectivity index (χ0v) is 25.4. The van der Waals surface area contributed by atoms with Crippen LogP contribution >= 0.6 is 11.3 Å². The van der Waals surface area contributed by atoms with Gasteiger partial charge in [-0.15, -0.1) is 11.3 Å². The standard InChI is InChI=1S/C27H39N9O6S/c1-7-12(2)20(28)26(42)34-15(5)23(39)32-14(4)22(38)33-16(6)24(40)35-17-8-9-18(30-10-17)27-36-19(11-43-27)25(41)31-13(3)21(29)37/h11-12,15-17,20H,3-4,7-10,28H2,1-2,5-6H3,(H2,29,37)(H,31,41)(H,32,39)(H,33,38)(H,34,42)(H,35,40)/t12-,15-,16-,17+,20-/m0/s1. The minimum absolute atomic E-state index is 0.0740. The lowest BCUT2D eigenvalue weighted by atomic mass is 9.99. The third-order valence-electron chi connectivity index (χ3n) is 6.72. The zero-order chi connectivity index (χ0) is 32.4. The van der Waals surface area contributed by atoms with Gasteiger partial charge in [-0.25, -0.2) is 4.98 Å². The molecule has 1 aliphatic heterocycles. The highest BCUT2D eigenvalue weighted by Gasteiger charge is 2.27. The van der Waals surface area contributed by atoms with Crippen LogP contribution in [-0.2, 0) is 24.0 Å². The van der Waals surface area contributed by atoms with Crippen molar-refractivity contribution in [1.29, 1.82) is 0 Å². The number of hydrogen-bond acceptors (Lipinski definition) is 10. The molecule has 0 saturated heterocycles. The fourth-order valence-corrected chi connectivity index (χ4v) is 4.48. The summed E-state index contributed by atoms with van der Waals surface area (Å²) in [4.78, 5) is 81.8. The maximum Gasteiger partial charge on any atom is 0.275 e. The third kappa shape index (κ3) is 10.1. The molecular formula is C27H39N9O6S. The highest BCUT2D eigenvalue weighted by Crippen LogP contribution is 2.18. The first-order valence-corrected chi connectivity index (χ1v) is 14.5. The molecule has 0 spiro atoms. The molecule has 6 amide bonds.